The third-order valence-electron chi connectivity index (χ3n) is 1.64. The van der Waals surface area contributed by atoms with Crippen LogP contribution < -0.4 is 11.1 Å². The average Bonchev–Trinajstić information content (AvgIpc) is 2.46. The van der Waals surface area contributed by atoms with Crippen LogP contribution in [0.4, 0.5) is 0 Å². The van der Waals surface area contributed by atoms with Gasteiger partial charge in [-0.25, -0.2) is 0 Å². The molecule has 1 heterocycles. The predicted molar refractivity (Wildman–Crippen MR) is 65.8 cm³/mol. The standard InChI is InChI=1S/C8H8Br2N2O2S/c1-3(7(11)13)12-8(14)5-2-4(9)6(10)15-5/h2-3H,1H3,(H2,11,13)(H,12,14)/t3-/m0/s1. The van der Waals surface area contributed by atoms with Crippen LogP contribution >= 0.6 is 43.2 Å². The Morgan fingerprint density at radius 3 is 2.53 bits per heavy atom. The second-order valence-electron chi connectivity index (χ2n) is 2.83. The molecule has 0 saturated carbocycles. The third kappa shape index (κ3) is 3.29. The average molecular weight is 356 g/mol. The van der Waals surface area contributed by atoms with Crippen LogP contribution in [0.25, 0.3) is 0 Å². The molecule has 1 aromatic rings. The first-order chi connectivity index (χ1) is 6.91. The quantitative estimate of drug-likeness (QED) is 0.868. The molecule has 7 heteroatoms. The Labute approximate surface area is 107 Å². The third-order valence-corrected chi connectivity index (χ3v) is 4.90. The molecule has 1 aromatic heterocycles. The molecule has 0 unspecified atom stereocenters. The van der Waals surface area contributed by atoms with Crippen LogP contribution in [0.2, 0.25) is 0 Å². The van der Waals surface area contributed by atoms with E-state index in [0.717, 1.165) is 8.26 Å². The highest BCUT2D eigenvalue weighted by Crippen LogP contribution is 2.32. The zero-order chi connectivity index (χ0) is 11.6. The van der Waals surface area contributed by atoms with Crippen molar-refractivity contribution in [2.24, 2.45) is 5.73 Å². The van der Waals surface area contributed by atoms with Crippen molar-refractivity contribution in [1.82, 2.24) is 5.32 Å². The van der Waals surface area contributed by atoms with Crippen molar-refractivity contribution < 1.29 is 9.59 Å². The molecule has 0 fully saturated rings. The van der Waals surface area contributed by atoms with Crippen molar-refractivity contribution in [1.29, 1.82) is 0 Å². The summed E-state index contributed by atoms with van der Waals surface area (Å²) in [4.78, 5) is 22.8. The minimum absolute atomic E-state index is 0.308. The van der Waals surface area contributed by atoms with Gasteiger partial charge >= 0.3 is 0 Å². The molecule has 15 heavy (non-hydrogen) atoms. The first kappa shape index (κ1) is 12.7. The molecule has 0 aliphatic rings. The lowest BCUT2D eigenvalue weighted by Gasteiger charge is -2.08. The van der Waals surface area contributed by atoms with E-state index in [9.17, 15) is 9.59 Å². The van der Waals surface area contributed by atoms with E-state index < -0.39 is 11.9 Å². The van der Waals surface area contributed by atoms with Crippen LogP contribution in [0, 0.1) is 0 Å². The summed E-state index contributed by atoms with van der Waals surface area (Å²) in [7, 11) is 0. The molecule has 0 aromatic carbocycles. The SMILES string of the molecule is C[C@H](NC(=O)c1cc(Br)c(Br)s1)C(N)=O. The van der Waals surface area contributed by atoms with E-state index in [1.54, 1.807) is 6.07 Å². The van der Waals surface area contributed by atoms with Crippen LogP contribution in [-0.4, -0.2) is 17.9 Å². The number of amides is 2. The second kappa shape index (κ2) is 5.09. The normalized spacial score (nSPS) is 12.2. The first-order valence-electron chi connectivity index (χ1n) is 3.97. The van der Waals surface area contributed by atoms with Gasteiger partial charge in [-0.15, -0.1) is 11.3 Å². The maximum absolute atomic E-state index is 11.6. The van der Waals surface area contributed by atoms with E-state index in [2.05, 4.69) is 37.2 Å². The fraction of sp³-hybridized carbons (Fsp3) is 0.250. The number of thiophene rings is 1. The van der Waals surface area contributed by atoms with E-state index in [1.165, 1.54) is 18.3 Å². The van der Waals surface area contributed by atoms with Crippen LogP contribution in [0.15, 0.2) is 14.3 Å². The number of halogens is 2. The molecule has 0 aliphatic heterocycles. The van der Waals surface area contributed by atoms with Gasteiger partial charge in [0, 0.05) is 4.47 Å². The molecular weight excluding hydrogens is 348 g/mol. The zero-order valence-corrected chi connectivity index (χ0v) is 11.7. The van der Waals surface area contributed by atoms with Crippen LogP contribution in [0.3, 0.4) is 0 Å². The van der Waals surface area contributed by atoms with Gasteiger partial charge in [-0.1, -0.05) is 0 Å². The summed E-state index contributed by atoms with van der Waals surface area (Å²) in [5.74, 6) is -0.865. The molecule has 3 N–H and O–H groups in total. The predicted octanol–water partition coefficient (Wildman–Crippen LogP) is 1.88. The van der Waals surface area contributed by atoms with Crippen LogP contribution in [-0.2, 0) is 4.79 Å². The van der Waals surface area contributed by atoms with Gasteiger partial charge in [0.25, 0.3) is 5.91 Å². The molecule has 4 nitrogen and oxygen atoms in total. The van der Waals surface area contributed by atoms with Gasteiger partial charge < -0.3 is 11.1 Å². The lowest BCUT2D eigenvalue weighted by molar-refractivity contribution is -0.119. The van der Waals surface area contributed by atoms with Crippen LogP contribution in [0.1, 0.15) is 16.6 Å². The largest absolute Gasteiger partial charge is 0.368 e. The number of nitrogens with two attached hydrogens (primary N) is 1. The van der Waals surface area contributed by atoms with Crippen molar-refractivity contribution >= 4 is 55.0 Å². The van der Waals surface area contributed by atoms with Gasteiger partial charge in [0.15, 0.2) is 0 Å². The summed E-state index contributed by atoms with van der Waals surface area (Å²) in [5.41, 5.74) is 5.03. The van der Waals surface area contributed by atoms with Crippen molar-refractivity contribution in [3.63, 3.8) is 0 Å². The van der Waals surface area contributed by atoms with Crippen molar-refractivity contribution in [3.8, 4) is 0 Å². The highest BCUT2D eigenvalue weighted by Gasteiger charge is 2.16. The first-order valence-corrected chi connectivity index (χ1v) is 6.37. The monoisotopic (exact) mass is 354 g/mol. The highest BCUT2D eigenvalue weighted by molar-refractivity contribution is 9.13. The smallest absolute Gasteiger partial charge is 0.262 e. The van der Waals surface area contributed by atoms with Crippen molar-refractivity contribution in [3.05, 3.63) is 19.2 Å². The fourth-order valence-corrected chi connectivity index (χ4v) is 2.74. The number of nitrogens with one attached hydrogen (secondary N) is 1. The summed E-state index contributed by atoms with van der Waals surface area (Å²) in [6, 6.07) is 1.01. The Hall–Kier alpha value is -0.400. The lowest BCUT2D eigenvalue weighted by Crippen LogP contribution is -2.41. The minimum atomic E-state index is -0.669. The minimum Gasteiger partial charge on any atom is -0.368 e. The van der Waals surface area contributed by atoms with E-state index in [-0.39, 0.29) is 5.91 Å². The number of hydrogen-bond donors (Lipinski definition) is 2. The van der Waals surface area contributed by atoms with Crippen molar-refractivity contribution in [2.45, 2.75) is 13.0 Å². The maximum Gasteiger partial charge on any atom is 0.262 e. The number of primary amides is 1. The Morgan fingerprint density at radius 1 is 1.53 bits per heavy atom. The second-order valence-corrected chi connectivity index (χ2v) is 6.05. The summed E-state index contributed by atoms with van der Waals surface area (Å²) < 4.78 is 1.64. The van der Waals surface area contributed by atoms with Gasteiger partial charge in [0.2, 0.25) is 5.91 Å². The molecule has 1 rings (SSSR count). The number of carbonyl (C=O) groups excluding carboxylic acids is 2. The molecule has 82 valence electrons. The maximum atomic E-state index is 11.6. The molecule has 2 amide bonds. The molecule has 0 bridgehead atoms. The molecule has 1 atom stereocenters. The Balaban J connectivity index is 2.73. The van der Waals surface area contributed by atoms with Gasteiger partial charge in [-0.05, 0) is 44.8 Å². The molecule has 0 spiro atoms. The molecule has 0 saturated heterocycles. The number of hydrogen-bond acceptors (Lipinski definition) is 3. The highest BCUT2D eigenvalue weighted by atomic mass is 79.9. The Bertz CT molecular complexity index is 386. The van der Waals surface area contributed by atoms with E-state index in [4.69, 9.17) is 5.73 Å². The van der Waals surface area contributed by atoms with E-state index in [0.29, 0.717) is 4.88 Å². The number of carbonyl (C=O) groups is 2. The zero-order valence-electron chi connectivity index (χ0n) is 7.71. The summed E-state index contributed by atoms with van der Waals surface area (Å²) in [6.45, 7) is 1.54. The summed E-state index contributed by atoms with van der Waals surface area (Å²) in [5, 5.41) is 2.49. The topological polar surface area (TPSA) is 72.2 Å². The fourth-order valence-electron chi connectivity index (χ4n) is 0.797. The van der Waals surface area contributed by atoms with Gasteiger partial charge in [-0.3, -0.25) is 9.59 Å². The lowest BCUT2D eigenvalue weighted by atomic mass is 10.3. The molecule has 0 aliphatic carbocycles. The van der Waals surface area contributed by atoms with Gasteiger partial charge in [0.1, 0.15) is 6.04 Å². The number of rotatable bonds is 3. The van der Waals surface area contributed by atoms with Crippen molar-refractivity contribution in [2.75, 3.05) is 0 Å². The summed E-state index contributed by atoms with van der Waals surface area (Å²) >= 11 is 7.83. The van der Waals surface area contributed by atoms with E-state index in [1.807, 2.05) is 0 Å². The van der Waals surface area contributed by atoms with E-state index >= 15 is 0 Å². The summed E-state index contributed by atoms with van der Waals surface area (Å²) in [6.07, 6.45) is 0. The Morgan fingerprint density at radius 2 is 2.13 bits per heavy atom. The van der Waals surface area contributed by atoms with Crippen LogP contribution in [0.5, 0.6) is 0 Å². The van der Waals surface area contributed by atoms with Gasteiger partial charge in [0.05, 0.1) is 8.66 Å². The van der Waals surface area contributed by atoms with Gasteiger partial charge in [-0.2, -0.15) is 0 Å². The Kier molecular flexibility index (Phi) is 4.30. The molecular formula is C8H8Br2N2O2S. The molecule has 0 radical (unpaired) electrons.